The van der Waals surface area contributed by atoms with Crippen LogP contribution in [0.5, 0.6) is 11.5 Å². The number of carbonyl (C=O) groups is 1. The highest BCUT2D eigenvalue weighted by molar-refractivity contribution is 6.01. The van der Waals surface area contributed by atoms with Crippen LogP contribution in [0, 0.1) is 13.8 Å². The van der Waals surface area contributed by atoms with Crippen LogP contribution in [-0.4, -0.2) is 24.5 Å². The van der Waals surface area contributed by atoms with E-state index in [1.165, 1.54) is 0 Å². The number of nitrogens with zero attached hydrogens (tertiary/aromatic N) is 1. The van der Waals surface area contributed by atoms with Crippen molar-refractivity contribution < 1.29 is 14.3 Å². The number of carbonyl (C=O) groups excluding carboxylic acids is 1. The molecule has 0 fully saturated rings. The van der Waals surface area contributed by atoms with Gasteiger partial charge in [-0.05, 0) is 61.2 Å². The molecule has 0 aliphatic carbocycles. The lowest BCUT2D eigenvalue weighted by molar-refractivity contribution is 0.0683. The number of fused-ring (bicyclic) bond motifs is 1. The van der Waals surface area contributed by atoms with Crippen molar-refractivity contribution in [2.24, 2.45) is 0 Å². The first-order valence-electron chi connectivity index (χ1n) is 11.1. The Bertz CT molecular complexity index is 1110. The minimum absolute atomic E-state index is 0.0513. The van der Waals surface area contributed by atoms with Crippen LogP contribution < -0.4 is 14.8 Å². The van der Waals surface area contributed by atoms with Crippen LogP contribution in [0.1, 0.15) is 52.1 Å². The fourth-order valence-electron chi connectivity index (χ4n) is 4.29. The summed E-state index contributed by atoms with van der Waals surface area (Å²) < 4.78 is 11.8. The van der Waals surface area contributed by atoms with Crippen LogP contribution in [0.25, 0.3) is 0 Å². The summed E-state index contributed by atoms with van der Waals surface area (Å²) in [5, 5.41) is 3.56. The van der Waals surface area contributed by atoms with Gasteiger partial charge >= 0.3 is 0 Å². The molecule has 1 heterocycles. The maximum absolute atomic E-state index is 13.2. The molecule has 0 radical (unpaired) electrons. The summed E-state index contributed by atoms with van der Waals surface area (Å²) >= 11 is 0. The number of para-hydroxylation sites is 2. The summed E-state index contributed by atoms with van der Waals surface area (Å²) in [5.41, 5.74) is 5.72. The number of hydrogen-bond donors (Lipinski definition) is 1. The first-order chi connectivity index (χ1) is 15.5. The Balaban J connectivity index is 1.67. The fraction of sp³-hybridized carbons (Fsp3) is 0.296. The second kappa shape index (κ2) is 9.35. The zero-order valence-corrected chi connectivity index (χ0v) is 19.1. The molecule has 1 aliphatic heterocycles. The van der Waals surface area contributed by atoms with Crippen molar-refractivity contribution in [1.82, 2.24) is 4.90 Å². The summed E-state index contributed by atoms with van der Waals surface area (Å²) in [5.74, 6) is 1.72. The van der Waals surface area contributed by atoms with Crippen LogP contribution in [0.2, 0.25) is 0 Å². The minimum atomic E-state index is -0.248. The van der Waals surface area contributed by atoms with Gasteiger partial charge in [-0.15, -0.1) is 0 Å². The van der Waals surface area contributed by atoms with Gasteiger partial charge in [0, 0.05) is 17.8 Å². The number of ether oxygens (including phenoxy) is 2. The number of anilines is 1. The van der Waals surface area contributed by atoms with Crippen molar-refractivity contribution >= 4 is 11.6 Å². The molecule has 1 unspecified atom stereocenters. The summed E-state index contributed by atoms with van der Waals surface area (Å²) in [4.78, 5) is 15.1. The van der Waals surface area contributed by atoms with E-state index in [9.17, 15) is 4.79 Å². The van der Waals surface area contributed by atoms with Crippen molar-refractivity contribution in [2.75, 3.05) is 19.0 Å². The second-order valence-electron chi connectivity index (χ2n) is 8.17. The van der Waals surface area contributed by atoms with Gasteiger partial charge in [-0.25, -0.2) is 0 Å². The lowest BCUT2D eigenvalue weighted by Crippen LogP contribution is -2.43. The maximum Gasteiger partial charge on any atom is 0.257 e. The van der Waals surface area contributed by atoms with Crippen molar-refractivity contribution in [3.8, 4) is 11.5 Å². The first-order valence-corrected chi connectivity index (χ1v) is 11.1. The van der Waals surface area contributed by atoms with Gasteiger partial charge in [0.15, 0.2) is 0 Å². The predicted octanol–water partition coefficient (Wildman–Crippen LogP) is 5.87. The first kappa shape index (κ1) is 21.8. The van der Waals surface area contributed by atoms with Gasteiger partial charge in [-0.3, -0.25) is 4.79 Å². The van der Waals surface area contributed by atoms with Crippen LogP contribution in [-0.2, 0) is 6.61 Å². The van der Waals surface area contributed by atoms with Crippen LogP contribution in [0.3, 0.4) is 0 Å². The molecule has 0 spiro atoms. The standard InChI is InChI=1S/C27H30N2O3/c1-5-15-29-26(28-23-12-7-6-11-22(23)27(29)30)20-13-14-24(31-4)21(16-20)17-32-25-18(2)9-8-10-19(25)3/h6-14,16,26,28H,5,15,17H2,1-4H3. The van der Waals surface area contributed by atoms with E-state index in [1.807, 2.05) is 73.3 Å². The minimum Gasteiger partial charge on any atom is -0.496 e. The Morgan fingerprint density at radius 3 is 2.47 bits per heavy atom. The molecule has 1 atom stereocenters. The van der Waals surface area contributed by atoms with Gasteiger partial charge in [0.1, 0.15) is 24.3 Å². The number of nitrogens with one attached hydrogen (secondary N) is 1. The van der Waals surface area contributed by atoms with Crippen molar-refractivity contribution in [3.05, 3.63) is 88.5 Å². The molecule has 0 bridgehead atoms. The number of rotatable bonds is 7. The molecule has 0 aromatic heterocycles. The molecule has 5 nitrogen and oxygen atoms in total. The van der Waals surface area contributed by atoms with Gasteiger partial charge in [0.2, 0.25) is 0 Å². The predicted molar refractivity (Wildman–Crippen MR) is 127 cm³/mol. The number of aryl methyl sites for hydroxylation is 2. The largest absolute Gasteiger partial charge is 0.496 e. The lowest BCUT2D eigenvalue weighted by Gasteiger charge is -2.38. The molecule has 1 amide bonds. The van der Waals surface area contributed by atoms with Gasteiger partial charge in [0.05, 0.1) is 12.7 Å². The smallest absolute Gasteiger partial charge is 0.257 e. The van der Waals surface area contributed by atoms with Gasteiger partial charge in [-0.1, -0.05) is 43.3 Å². The third kappa shape index (κ3) is 4.15. The summed E-state index contributed by atoms with van der Waals surface area (Å²) in [6.45, 7) is 7.24. The highest BCUT2D eigenvalue weighted by atomic mass is 16.5. The fourth-order valence-corrected chi connectivity index (χ4v) is 4.29. The van der Waals surface area contributed by atoms with E-state index in [0.29, 0.717) is 18.7 Å². The van der Waals surface area contributed by atoms with E-state index in [2.05, 4.69) is 18.3 Å². The second-order valence-corrected chi connectivity index (χ2v) is 8.17. The summed E-state index contributed by atoms with van der Waals surface area (Å²) in [6, 6.07) is 19.9. The Morgan fingerprint density at radius 2 is 1.75 bits per heavy atom. The third-order valence-electron chi connectivity index (χ3n) is 5.89. The summed E-state index contributed by atoms with van der Waals surface area (Å²) in [7, 11) is 1.67. The molecule has 32 heavy (non-hydrogen) atoms. The van der Waals surface area contributed by atoms with E-state index in [1.54, 1.807) is 7.11 Å². The molecule has 1 aliphatic rings. The van der Waals surface area contributed by atoms with E-state index in [0.717, 1.165) is 45.9 Å². The van der Waals surface area contributed by atoms with Crippen molar-refractivity contribution in [2.45, 2.75) is 40.0 Å². The number of hydrogen-bond acceptors (Lipinski definition) is 4. The lowest BCUT2D eigenvalue weighted by atomic mass is 10.0. The molecule has 4 rings (SSSR count). The molecular formula is C27H30N2O3. The number of amides is 1. The van der Waals surface area contributed by atoms with Gasteiger partial charge in [0.25, 0.3) is 5.91 Å². The van der Waals surface area contributed by atoms with Crippen LogP contribution in [0.4, 0.5) is 5.69 Å². The molecule has 0 saturated heterocycles. The summed E-state index contributed by atoms with van der Waals surface area (Å²) in [6.07, 6.45) is 0.632. The zero-order valence-electron chi connectivity index (χ0n) is 19.1. The molecule has 0 saturated carbocycles. The van der Waals surface area contributed by atoms with Crippen LogP contribution in [0.15, 0.2) is 60.7 Å². The molecule has 1 N–H and O–H groups in total. The van der Waals surface area contributed by atoms with E-state index in [-0.39, 0.29) is 12.1 Å². The average molecular weight is 431 g/mol. The Morgan fingerprint density at radius 1 is 1.00 bits per heavy atom. The maximum atomic E-state index is 13.2. The van der Waals surface area contributed by atoms with Gasteiger partial charge < -0.3 is 19.7 Å². The number of benzene rings is 3. The van der Waals surface area contributed by atoms with Crippen LogP contribution >= 0.6 is 0 Å². The third-order valence-corrected chi connectivity index (χ3v) is 5.89. The molecular weight excluding hydrogens is 400 g/mol. The Hall–Kier alpha value is -3.47. The monoisotopic (exact) mass is 430 g/mol. The molecule has 5 heteroatoms. The van der Waals surface area contributed by atoms with E-state index >= 15 is 0 Å². The normalized spacial score (nSPS) is 15.2. The zero-order chi connectivity index (χ0) is 22.7. The quantitative estimate of drug-likeness (QED) is 0.509. The molecule has 3 aromatic carbocycles. The highest BCUT2D eigenvalue weighted by Crippen LogP contribution is 2.35. The van der Waals surface area contributed by atoms with E-state index in [4.69, 9.17) is 9.47 Å². The topological polar surface area (TPSA) is 50.8 Å². The average Bonchev–Trinajstić information content (AvgIpc) is 2.80. The Kier molecular flexibility index (Phi) is 6.35. The number of methoxy groups -OCH3 is 1. The van der Waals surface area contributed by atoms with Crippen molar-refractivity contribution in [3.63, 3.8) is 0 Å². The van der Waals surface area contributed by atoms with Crippen molar-refractivity contribution in [1.29, 1.82) is 0 Å². The van der Waals surface area contributed by atoms with E-state index < -0.39 is 0 Å². The molecule has 3 aromatic rings. The van der Waals surface area contributed by atoms with Gasteiger partial charge in [-0.2, -0.15) is 0 Å². The highest BCUT2D eigenvalue weighted by Gasteiger charge is 2.32. The SMILES string of the molecule is CCCN1C(=O)c2ccccc2NC1c1ccc(OC)c(COc2c(C)cccc2C)c1. The Labute approximate surface area is 190 Å². The molecule has 166 valence electrons.